The number of aliphatic hydroxyl groups excluding tert-OH is 1. The minimum absolute atomic E-state index is 0.137. The zero-order valence-electron chi connectivity index (χ0n) is 17.1. The van der Waals surface area contributed by atoms with E-state index in [1.165, 1.54) is 12.8 Å². The molecule has 3 rings (SSSR count). The van der Waals surface area contributed by atoms with Crippen molar-refractivity contribution in [2.24, 2.45) is 5.92 Å². The van der Waals surface area contributed by atoms with Crippen LogP contribution in [0.15, 0.2) is 18.2 Å². The van der Waals surface area contributed by atoms with Crippen molar-refractivity contribution >= 4 is 5.78 Å². The lowest BCUT2D eigenvalue weighted by molar-refractivity contribution is -0.121. The highest BCUT2D eigenvalue weighted by molar-refractivity contribution is 5.78. The fraction of sp³-hybridized carbons (Fsp3) is 0.652. The molecule has 0 spiro atoms. The highest BCUT2D eigenvalue weighted by Crippen LogP contribution is 2.35. The first kappa shape index (κ1) is 21.6. The Labute approximate surface area is 173 Å². The van der Waals surface area contributed by atoms with Crippen LogP contribution in [0, 0.1) is 17.2 Å². The average molecular weight is 401 g/mol. The van der Waals surface area contributed by atoms with Crippen LogP contribution in [0.1, 0.15) is 63.0 Å². The van der Waals surface area contributed by atoms with Gasteiger partial charge in [0.1, 0.15) is 19.0 Å². The SMILES string of the molecule is N#CCCCCCC(=O)C[C@H](CN1CCCC1)[C@H](O)c1ccc2c(c1)OCCO2. The van der Waals surface area contributed by atoms with Crippen LogP contribution in [0.5, 0.6) is 11.5 Å². The van der Waals surface area contributed by atoms with Gasteiger partial charge in [-0.05, 0) is 56.5 Å². The van der Waals surface area contributed by atoms with Crippen LogP contribution in [0.4, 0.5) is 0 Å². The van der Waals surface area contributed by atoms with Crippen molar-refractivity contribution in [1.82, 2.24) is 4.90 Å². The molecule has 6 heteroatoms. The smallest absolute Gasteiger partial charge is 0.161 e. The number of hydrogen-bond donors (Lipinski definition) is 1. The molecule has 0 bridgehead atoms. The van der Waals surface area contributed by atoms with Crippen LogP contribution in [0.3, 0.4) is 0 Å². The van der Waals surface area contributed by atoms with Crippen molar-refractivity contribution in [1.29, 1.82) is 5.26 Å². The van der Waals surface area contributed by atoms with Crippen LogP contribution < -0.4 is 9.47 Å². The van der Waals surface area contributed by atoms with E-state index in [4.69, 9.17) is 14.7 Å². The Balaban J connectivity index is 1.62. The maximum absolute atomic E-state index is 12.6. The van der Waals surface area contributed by atoms with E-state index in [1.807, 2.05) is 18.2 Å². The predicted molar refractivity (Wildman–Crippen MR) is 110 cm³/mol. The molecular formula is C23H32N2O4. The fourth-order valence-corrected chi connectivity index (χ4v) is 4.19. The Kier molecular flexibility index (Phi) is 8.33. The summed E-state index contributed by atoms with van der Waals surface area (Å²) >= 11 is 0. The highest BCUT2D eigenvalue weighted by atomic mass is 16.6. The zero-order valence-corrected chi connectivity index (χ0v) is 17.1. The summed E-state index contributed by atoms with van der Waals surface area (Å²) in [6.45, 7) is 3.85. The number of aliphatic hydroxyl groups is 1. The third kappa shape index (κ3) is 6.45. The van der Waals surface area contributed by atoms with Crippen LogP contribution in [0.2, 0.25) is 0 Å². The molecule has 1 aromatic rings. The summed E-state index contributed by atoms with van der Waals surface area (Å²) < 4.78 is 11.2. The Morgan fingerprint density at radius 3 is 2.66 bits per heavy atom. The second-order valence-corrected chi connectivity index (χ2v) is 8.08. The predicted octanol–water partition coefficient (Wildman–Crippen LogP) is 3.64. The number of likely N-dealkylation sites (tertiary alicyclic amines) is 1. The zero-order chi connectivity index (χ0) is 20.5. The number of Topliss-reactive ketones (excluding diaryl/α,β-unsaturated/α-hetero) is 1. The maximum Gasteiger partial charge on any atom is 0.161 e. The van der Waals surface area contributed by atoms with E-state index in [2.05, 4.69) is 11.0 Å². The molecule has 0 radical (unpaired) electrons. The van der Waals surface area contributed by atoms with Gasteiger partial charge in [0, 0.05) is 31.7 Å². The molecule has 2 heterocycles. The summed E-state index contributed by atoms with van der Waals surface area (Å²) in [5.41, 5.74) is 0.778. The van der Waals surface area contributed by atoms with Gasteiger partial charge in [0.25, 0.3) is 0 Å². The van der Waals surface area contributed by atoms with Crippen molar-refractivity contribution < 1.29 is 19.4 Å². The highest BCUT2D eigenvalue weighted by Gasteiger charge is 2.28. The number of fused-ring (bicyclic) bond motifs is 1. The van der Waals surface area contributed by atoms with Crippen molar-refractivity contribution in [2.45, 2.75) is 57.5 Å². The maximum atomic E-state index is 12.6. The molecule has 0 aromatic heterocycles. The minimum Gasteiger partial charge on any atom is -0.486 e. The molecule has 29 heavy (non-hydrogen) atoms. The molecule has 6 nitrogen and oxygen atoms in total. The summed E-state index contributed by atoms with van der Waals surface area (Å²) in [7, 11) is 0. The van der Waals surface area contributed by atoms with Crippen molar-refractivity contribution in [3.8, 4) is 17.6 Å². The molecule has 1 aromatic carbocycles. The van der Waals surface area contributed by atoms with Gasteiger partial charge in [-0.15, -0.1) is 0 Å². The van der Waals surface area contributed by atoms with E-state index < -0.39 is 6.10 Å². The van der Waals surface area contributed by atoms with Gasteiger partial charge in [-0.25, -0.2) is 0 Å². The average Bonchev–Trinajstić information content (AvgIpc) is 3.25. The molecule has 2 atom stereocenters. The number of ether oxygens (including phenoxy) is 2. The Hall–Kier alpha value is -2.10. The lowest BCUT2D eigenvalue weighted by Gasteiger charge is -2.28. The molecule has 2 aliphatic heterocycles. The van der Waals surface area contributed by atoms with E-state index in [-0.39, 0.29) is 11.7 Å². The van der Waals surface area contributed by atoms with Gasteiger partial charge in [-0.1, -0.05) is 12.5 Å². The number of carbonyl (C=O) groups excluding carboxylic acids is 1. The number of nitriles is 1. The van der Waals surface area contributed by atoms with E-state index in [1.54, 1.807) is 0 Å². The van der Waals surface area contributed by atoms with Crippen LogP contribution in [-0.4, -0.2) is 48.6 Å². The molecule has 2 aliphatic rings. The van der Waals surface area contributed by atoms with Gasteiger partial charge in [0.2, 0.25) is 0 Å². The molecular weight excluding hydrogens is 368 g/mol. The lowest BCUT2D eigenvalue weighted by atomic mass is 9.89. The van der Waals surface area contributed by atoms with Crippen LogP contribution in [-0.2, 0) is 4.79 Å². The molecule has 0 amide bonds. The monoisotopic (exact) mass is 400 g/mol. The van der Waals surface area contributed by atoms with Gasteiger partial charge in [0.05, 0.1) is 12.2 Å². The number of carbonyl (C=O) groups is 1. The van der Waals surface area contributed by atoms with Crippen LogP contribution in [0.25, 0.3) is 0 Å². The topological polar surface area (TPSA) is 82.8 Å². The Bertz CT molecular complexity index is 709. The van der Waals surface area contributed by atoms with Gasteiger partial charge in [-0.2, -0.15) is 5.26 Å². The first-order chi connectivity index (χ1) is 14.2. The number of nitrogens with zero attached hydrogens (tertiary/aromatic N) is 2. The number of rotatable bonds is 11. The molecule has 0 saturated carbocycles. The molecule has 0 unspecified atom stereocenters. The third-order valence-electron chi connectivity index (χ3n) is 5.78. The minimum atomic E-state index is -0.714. The van der Waals surface area contributed by atoms with E-state index >= 15 is 0 Å². The van der Waals surface area contributed by atoms with Crippen LogP contribution >= 0.6 is 0 Å². The molecule has 1 saturated heterocycles. The van der Waals surface area contributed by atoms with Crippen molar-refractivity contribution in [3.63, 3.8) is 0 Å². The normalized spacial score (nSPS) is 18.2. The van der Waals surface area contributed by atoms with Gasteiger partial charge in [-0.3, -0.25) is 4.79 Å². The number of hydrogen-bond acceptors (Lipinski definition) is 6. The van der Waals surface area contributed by atoms with E-state index in [9.17, 15) is 9.90 Å². The largest absolute Gasteiger partial charge is 0.486 e. The number of ketones is 1. The standard InChI is InChI=1S/C23H32N2O4/c24-10-4-2-1-3-7-20(26)15-19(17-25-11-5-6-12-25)23(27)18-8-9-21-22(16-18)29-14-13-28-21/h8-9,16,19,23,27H,1-7,11-15,17H2/t19-,23-/m1/s1. The number of benzene rings is 1. The second kappa shape index (κ2) is 11.2. The Morgan fingerprint density at radius 1 is 1.14 bits per heavy atom. The summed E-state index contributed by atoms with van der Waals surface area (Å²) in [5, 5.41) is 19.7. The molecule has 1 fully saturated rings. The summed E-state index contributed by atoms with van der Waals surface area (Å²) in [6, 6.07) is 7.71. The second-order valence-electron chi connectivity index (χ2n) is 8.08. The Morgan fingerprint density at radius 2 is 1.90 bits per heavy atom. The summed E-state index contributed by atoms with van der Waals surface area (Å²) in [5.74, 6) is 1.43. The van der Waals surface area contributed by atoms with Crippen molar-refractivity contribution in [2.75, 3.05) is 32.8 Å². The third-order valence-corrected chi connectivity index (χ3v) is 5.78. The molecule has 0 aliphatic carbocycles. The van der Waals surface area contributed by atoms with Gasteiger partial charge in [0.15, 0.2) is 11.5 Å². The fourth-order valence-electron chi connectivity index (χ4n) is 4.19. The quantitative estimate of drug-likeness (QED) is 0.571. The van der Waals surface area contributed by atoms with E-state index in [0.29, 0.717) is 44.0 Å². The lowest BCUT2D eigenvalue weighted by Crippen LogP contribution is -2.31. The summed E-state index contributed by atoms with van der Waals surface area (Å²) in [6.07, 6.45) is 5.67. The van der Waals surface area contributed by atoms with Gasteiger partial charge < -0.3 is 19.5 Å². The van der Waals surface area contributed by atoms with E-state index in [0.717, 1.165) is 44.5 Å². The first-order valence-corrected chi connectivity index (χ1v) is 10.9. The number of unbranched alkanes of at least 4 members (excludes halogenated alkanes) is 3. The van der Waals surface area contributed by atoms with Crippen molar-refractivity contribution in [3.05, 3.63) is 23.8 Å². The molecule has 1 N–H and O–H groups in total. The summed E-state index contributed by atoms with van der Waals surface area (Å²) in [4.78, 5) is 14.9. The molecule has 158 valence electrons. The van der Waals surface area contributed by atoms with Gasteiger partial charge >= 0.3 is 0 Å². The first-order valence-electron chi connectivity index (χ1n) is 10.9.